The van der Waals surface area contributed by atoms with Crippen molar-refractivity contribution in [3.8, 4) is 5.75 Å². The van der Waals surface area contributed by atoms with Crippen LogP contribution < -0.4 is 14.8 Å². The van der Waals surface area contributed by atoms with Crippen LogP contribution in [0.1, 0.15) is 12.0 Å². The number of sulfonamides is 1. The number of hydrogen-bond acceptors (Lipinski definition) is 5. The van der Waals surface area contributed by atoms with Gasteiger partial charge >= 0.3 is 0 Å². The van der Waals surface area contributed by atoms with Crippen molar-refractivity contribution in [1.29, 1.82) is 0 Å². The van der Waals surface area contributed by atoms with Gasteiger partial charge in [-0.15, -0.1) is 11.8 Å². The SMILES string of the molecule is CNS(=O)(=O)c1cc(/C=C/C(=O)NCCCSc2ccc(F)cc2)ccc1OC. The van der Waals surface area contributed by atoms with Gasteiger partial charge < -0.3 is 10.1 Å². The fourth-order valence-corrected chi connectivity index (χ4v) is 4.13. The number of benzene rings is 2. The normalized spacial score (nSPS) is 11.6. The number of ether oxygens (including phenoxy) is 1. The molecule has 0 heterocycles. The maximum Gasteiger partial charge on any atom is 0.244 e. The number of carbonyl (C=O) groups excluding carboxylic acids is 1. The molecule has 2 N–H and O–H groups in total. The molecule has 0 spiro atoms. The zero-order valence-electron chi connectivity index (χ0n) is 16.1. The molecule has 0 saturated heterocycles. The van der Waals surface area contributed by atoms with Crippen molar-refractivity contribution >= 4 is 33.8 Å². The second kappa shape index (κ2) is 11.0. The minimum Gasteiger partial charge on any atom is -0.495 e. The van der Waals surface area contributed by atoms with E-state index < -0.39 is 10.0 Å². The molecule has 6 nitrogen and oxygen atoms in total. The van der Waals surface area contributed by atoms with Gasteiger partial charge in [0.2, 0.25) is 15.9 Å². The first-order valence-electron chi connectivity index (χ1n) is 8.81. The summed E-state index contributed by atoms with van der Waals surface area (Å²) in [5, 5.41) is 2.77. The number of rotatable bonds is 10. The van der Waals surface area contributed by atoms with Crippen molar-refractivity contribution in [3.63, 3.8) is 0 Å². The summed E-state index contributed by atoms with van der Waals surface area (Å²) in [6.45, 7) is 0.499. The molecule has 0 aliphatic heterocycles. The Bertz CT molecular complexity index is 961. The van der Waals surface area contributed by atoms with E-state index in [2.05, 4.69) is 10.0 Å². The second-order valence-electron chi connectivity index (χ2n) is 5.90. The molecule has 1 amide bonds. The van der Waals surface area contributed by atoms with E-state index in [-0.39, 0.29) is 22.4 Å². The summed E-state index contributed by atoms with van der Waals surface area (Å²) in [4.78, 5) is 12.9. The topological polar surface area (TPSA) is 84.5 Å². The van der Waals surface area contributed by atoms with E-state index in [9.17, 15) is 17.6 Å². The Balaban J connectivity index is 1.84. The van der Waals surface area contributed by atoms with Gasteiger partial charge in [0.25, 0.3) is 0 Å². The molecule has 2 aromatic carbocycles. The van der Waals surface area contributed by atoms with Crippen molar-refractivity contribution in [2.75, 3.05) is 26.5 Å². The highest BCUT2D eigenvalue weighted by Gasteiger charge is 2.17. The highest BCUT2D eigenvalue weighted by atomic mass is 32.2. The van der Waals surface area contributed by atoms with Crippen LogP contribution in [0, 0.1) is 5.82 Å². The maximum atomic E-state index is 12.8. The van der Waals surface area contributed by atoms with Gasteiger partial charge in [-0.3, -0.25) is 4.79 Å². The Morgan fingerprint density at radius 2 is 1.93 bits per heavy atom. The van der Waals surface area contributed by atoms with Crippen LogP contribution in [-0.4, -0.2) is 40.8 Å². The molecule has 0 fully saturated rings. The summed E-state index contributed by atoms with van der Waals surface area (Å²) in [7, 11) is -0.972. The van der Waals surface area contributed by atoms with E-state index in [0.29, 0.717) is 12.1 Å². The van der Waals surface area contributed by atoms with Gasteiger partial charge in [-0.05, 0) is 67.3 Å². The fourth-order valence-electron chi connectivity index (χ4n) is 2.35. The van der Waals surface area contributed by atoms with Crippen LogP contribution in [0.3, 0.4) is 0 Å². The van der Waals surface area contributed by atoms with Gasteiger partial charge in [0.15, 0.2) is 0 Å². The Morgan fingerprint density at radius 1 is 1.21 bits per heavy atom. The Labute approximate surface area is 174 Å². The van der Waals surface area contributed by atoms with Crippen LogP contribution in [0.4, 0.5) is 4.39 Å². The first kappa shape index (κ1) is 22.9. The average Bonchev–Trinajstić information content (AvgIpc) is 2.73. The minimum absolute atomic E-state index is 0.00266. The number of carbonyl (C=O) groups is 1. The number of halogens is 1. The number of nitrogens with one attached hydrogen (secondary N) is 2. The molecule has 2 aromatic rings. The largest absolute Gasteiger partial charge is 0.495 e. The summed E-state index contributed by atoms with van der Waals surface area (Å²) in [6, 6.07) is 10.9. The number of methoxy groups -OCH3 is 1. The molecule has 0 radical (unpaired) electrons. The second-order valence-corrected chi connectivity index (χ2v) is 8.92. The highest BCUT2D eigenvalue weighted by Crippen LogP contribution is 2.25. The molecule has 0 atom stereocenters. The third kappa shape index (κ3) is 7.19. The lowest BCUT2D eigenvalue weighted by atomic mass is 10.2. The van der Waals surface area contributed by atoms with Crippen LogP contribution >= 0.6 is 11.8 Å². The third-order valence-corrected chi connectivity index (χ3v) is 6.41. The first-order valence-corrected chi connectivity index (χ1v) is 11.3. The Morgan fingerprint density at radius 3 is 2.59 bits per heavy atom. The van der Waals surface area contributed by atoms with E-state index in [0.717, 1.165) is 17.1 Å². The quantitative estimate of drug-likeness (QED) is 0.338. The standard InChI is InChI=1S/C20H23FN2O4S2/c1-22-29(25,26)19-14-15(4-10-18(19)27-2)5-11-20(24)23-12-3-13-28-17-8-6-16(21)7-9-17/h4-11,14,22H,3,12-13H2,1-2H3,(H,23,24)/b11-5+. The molecular weight excluding hydrogens is 415 g/mol. The van der Waals surface area contributed by atoms with Gasteiger partial charge in [0.05, 0.1) is 7.11 Å². The molecule has 29 heavy (non-hydrogen) atoms. The molecule has 0 aliphatic carbocycles. The molecule has 2 rings (SSSR count). The molecule has 0 aliphatic rings. The van der Waals surface area contributed by atoms with E-state index >= 15 is 0 Å². The smallest absolute Gasteiger partial charge is 0.244 e. The van der Waals surface area contributed by atoms with E-state index in [1.165, 1.54) is 50.6 Å². The van der Waals surface area contributed by atoms with Gasteiger partial charge in [0.1, 0.15) is 16.5 Å². The monoisotopic (exact) mass is 438 g/mol. The summed E-state index contributed by atoms with van der Waals surface area (Å²) >= 11 is 1.59. The first-order chi connectivity index (χ1) is 13.9. The summed E-state index contributed by atoms with van der Waals surface area (Å²) in [6.07, 6.45) is 3.65. The number of amides is 1. The van der Waals surface area contributed by atoms with Crippen LogP contribution in [0.2, 0.25) is 0 Å². The van der Waals surface area contributed by atoms with Crippen LogP contribution in [0.15, 0.2) is 58.3 Å². The van der Waals surface area contributed by atoms with Crippen LogP contribution in [0.5, 0.6) is 5.75 Å². The molecular formula is C20H23FN2O4S2. The predicted octanol–water partition coefficient (Wildman–Crippen LogP) is 3.05. The van der Waals surface area contributed by atoms with Crippen molar-refractivity contribution < 1.29 is 22.3 Å². The Hall–Kier alpha value is -2.36. The number of hydrogen-bond donors (Lipinski definition) is 2. The summed E-state index contributed by atoms with van der Waals surface area (Å²) in [5.74, 6) is 0.477. The molecule has 0 aromatic heterocycles. The molecule has 156 valence electrons. The van der Waals surface area contributed by atoms with Crippen LogP contribution in [0.25, 0.3) is 6.08 Å². The number of thioether (sulfide) groups is 1. The van der Waals surface area contributed by atoms with E-state index in [1.54, 1.807) is 30.0 Å². The maximum absolute atomic E-state index is 12.8. The summed E-state index contributed by atoms with van der Waals surface area (Å²) in [5.41, 5.74) is 0.557. The summed E-state index contributed by atoms with van der Waals surface area (Å²) < 4.78 is 44.3. The van der Waals surface area contributed by atoms with Gasteiger partial charge in [0, 0.05) is 17.5 Å². The van der Waals surface area contributed by atoms with Crippen LogP contribution in [-0.2, 0) is 14.8 Å². The van der Waals surface area contributed by atoms with Crippen molar-refractivity contribution in [1.82, 2.24) is 10.0 Å². The molecule has 9 heteroatoms. The van der Waals surface area contributed by atoms with Gasteiger partial charge in [-0.1, -0.05) is 6.07 Å². The zero-order chi connectivity index (χ0) is 21.3. The van der Waals surface area contributed by atoms with Crippen molar-refractivity contribution in [2.45, 2.75) is 16.2 Å². The lowest BCUT2D eigenvalue weighted by molar-refractivity contribution is -0.116. The lowest BCUT2D eigenvalue weighted by Crippen LogP contribution is -2.22. The molecule has 0 bridgehead atoms. The van der Waals surface area contributed by atoms with Crippen molar-refractivity contribution in [3.05, 3.63) is 59.9 Å². The van der Waals surface area contributed by atoms with Gasteiger partial charge in [-0.25, -0.2) is 17.5 Å². The zero-order valence-corrected chi connectivity index (χ0v) is 17.8. The van der Waals surface area contributed by atoms with Gasteiger partial charge in [-0.2, -0.15) is 0 Å². The van der Waals surface area contributed by atoms with Crippen molar-refractivity contribution in [2.24, 2.45) is 0 Å². The molecule has 0 unspecified atom stereocenters. The fraction of sp³-hybridized carbons (Fsp3) is 0.250. The predicted molar refractivity (Wildman–Crippen MR) is 113 cm³/mol. The Kier molecular flexibility index (Phi) is 8.69. The lowest BCUT2D eigenvalue weighted by Gasteiger charge is -2.09. The van der Waals surface area contributed by atoms with E-state index in [4.69, 9.17) is 4.74 Å². The third-order valence-electron chi connectivity index (χ3n) is 3.88. The highest BCUT2D eigenvalue weighted by molar-refractivity contribution is 7.99. The van der Waals surface area contributed by atoms with E-state index in [1.807, 2.05) is 0 Å². The average molecular weight is 439 g/mol. The molecule has 0 saturated carbocycles. The minimum atomic E-state index is -3.68.